The number of hydrogen-bond donors (Lipinski definition) is 1. The van der Waals surface area contributed by atoms with E-state index in [1.54, 1.807) is 0 Å². The molecule has 2 aliphatic rings. The van der Waals surface area contributed by atoms with Crippen LogP contribution in [0, 0.1) is 5.92 Å². The van der Waals surface area contributed by atoms with Crippen LogP contribution in [0.4, 0.5) is 0 Å². The third kappa shape index (κ3) is 3.22. The first kappa shape index (κ1) is 14.5. The number of carbonyl (C=O) groups excluding carboxylic acids is 1. The zero-order chi connectivity index (χ0) is 13.9. The Hall–Kier alpha value is -0.480. The summed E-state index contributed by atoms with van der Waals surface area (Å²) in [5, 5.41) is 3.24. The van der Waals surface area contributed by atoms with E-state index in [9.17, 15) is 4.79 Å². The molecule has 2 nitrogen and oxygen atoms in total. The number of amides is 1. The predicted octanol–water partition coefficient (Wildman–Crippen LogP) is 3.70. The number of fused-ring (bicyclic) bond motifs is 1. The number of hydrogen-bond acceptors (Lipinski definition) is 2. The molecule has 0 radical (unpaired) electrons. The van der Waals surface area contributed by atoms with E-state index in [4.69, 9.17) is 0 Å². The Labute approximate surface area is 133 Å². The minimum Gasteiger partial charge on any atom is -0.348 e. The SMILES string of the molecule is O=C(CC1CCSCC1)NC1c2ccccc2CC1Br. The van der Waals surface area contributed by atoms with Crippen LogP contribution in [0.15, 0.2) is 24.3 Å². The molecular formula is C16H20BrNOS. The van der Waals surface area contributed by atoms with Gasteiger partial charge in [0.1, 0.15) is 0 Å². The van der Waals surface area contributed by atoms with Crippen LogP contribution in [0.3, 0.4) is 0 Å². The van der Waals surface area contributed by atoms with Crippen LogP contribution in [-0.2, 0) is 11.2 Å². The van der Waals surface area contributed by atoms with Gasteiger partial charge in [0.15, 0.2) is 0 Å². The highest BCUT2D eigenvalue weighted by molar-refractivity contribution is 9.09. The quantitative estimate of drug-likeness (QED) is 0.839. The van der Waals surface area contributed by atoms with Crippen LogP contribution in [0.5, 0.6) is 0 Å². The Morgan fingerprint density at radius 1 is 1.30 bits per heavy atom. The van der Waals surface area contributed by atoms with Crippen molar-refractivity contribution >= 4 is 33.6 Å². The molecule has 0 saturated carbocycles. The van der Waals surface area contributed by atoms with Gasteiger partial charge in [0.05, 0.1) is 6.04 Å². The largest absolute Gasteiger partial charge is 0.348 e. The topological polar surface area (TPSA) is 29.1 Å². The van der Waals surface area contributed by atoms with Gasteiger partial charge in [-0.3, -0.25) is 4.79 Å². The summed E-state index contributed by atoms with van der Waals surface area (Å²) in [6.45, 7) is 0. The van der Waals surface area contributed by atoms with Crippen molar-refractivity contribution in [3.63, 3.8) is 0 Å². The van der Waals surface area contributed by atoms with Crippen molar-refractivity contribution in [3.05, 3.63) is 35.4 Å². The third-order valence-electron chi connectivity index (χ3n) is 4.30. The molecule has 1 aromatic carbocycles. The first-order valence-electron chi connectivity index (χ1n) is 7.33. The number of thioether (sulfide) groups is 1. The van der Waals surface area contributed by atoms with Gasteiger partial charge in [-0.25, -0.2) is 0 Å². The van der Waals surface area contributed by atoms with Gasteiger partial charge in [-0.1, -0.05) is 40.2 Å². The molecule has 1 aromatic rings. The van der Waals surface area contributed by atoms with Crippen molar-refractivity contribution in [1.82, 2.24) is 5.32 Å². The number of alkyl halides is 1. The van der Waals surface area contributed by atoms with Gasteiger partial charge < -0.3 is 5.32 Å². The fourth-order valence-corrected chi connectivity index (χ4v) is 5.13. The summed E-state index contributed by atoms with van der Waals surface area (Å²) in [4.78, 5) is 12.6. The Kier molecular flexibility index (Phi) is 4.72. The van der Waals surface area contributed by atoms with E-state index in [0.717, 1.165) is 6.42 Å². The zero-order valence-electron chi connectivity index (χ0n) is 11.5. The molecule has 0 bridgehead atoms. The zero-order valence-corrected chi connectivity index (χ0v) is 13.9. The summed E-state index contributed by atoms with van der Waals surface area (Å²) in [6, 6.07) is 8.56. The third-order valence-corrected chi connectivity index (χ3v) is 6.20. The van der Waals surface area contributed by atoms with E-state index < -0.39 is 0 Å². The van der Waals surface area contributed by atoms with E-state index in [2.05, 4.69) is 45.5 Å². The number of halogens is 1. The maximum atomic E-state index is 12.3. The van der Waals surface area contributed by atoms with Crippen molar-refractivity contribution in [3.8, 4) is 0 Å². The summed E-state index contributed by atoms with van der Waals surface area (Å²) in [6.07, 6.45) is 4.08. The van der Waals surface area contributed by atoms with Crippen molar-refractivity contribution in [1.29, 1.82) is 0 Å². The highest BCUT2D eigenvalue weighted by atomic mass is 79.9. The highest BCUT2D eigenvalue weighted by Gasteiger charge is 2.31. The van der Waals surface area contributed by atoms with Crippen LogP contribution >= 0.6 is 27.7 Å². The van der Waals surface area contributed by atoms with Gasteiger partial charge in [0.2, 0.25) is 5.91 Å². The maximum absolute atomic E-state index is 12.3. The molecule has 20 heavy (non-hydrogen) atoms. The summed E-state index contributed by atoms with van der Waals surface area (Å²) in [5.74, 6) is 3.23. The van der Waals surface area contributed by atoms with E-state index >= 15 is 0 Å². The lowest BCUT2D eigenvalue weighted by Gasteiger charge is -2.23. The summed E-state index contributed by atoms with van der Waals surface area (Å²) < 4.78 is 0. The molecule has 1 N–H and O–H groups in total. The fraction of sp³-hybridized carbons (Fsp3) is 0.562. The van der Waals surface area contributed by atoms with E-state index in [-0.39, 0.29) is 11.9 Å². The van der Waals surface area contributed by atoms with Crippen LogP contribution in [-0.4, -0.2) is 22.2 Å². The van der Waals surface area contributed by atoms with Gasteiger partial charge in [0.25, 0.3) is 0 Å². The van der Waals surface area contributed by atoms with Gasteiger partial charge in [-0.15, -0.1) is 0 Å². The van der Waals surface area contributed by atoms with Crippen LogP contribution in [0.2, 0.25) is 0 Å². The Balaban J connectivity index is 1.61. The Morgan fingerprint density at radius 2 is 2.05 bits per heavy atom. The van der Waals surface area contributed by atoms with E-state index in [1.165, 1.54) is 35.5 Å². The average molecular weight is 354 g/mol. The van der Waals surface area contributed by atoms with Crippen molar-refractivity contribution in [2.75, 3.05) is 11.5 Å². The summed E-state index contributed by atoms with van der Waals surface area (Å²) in [7, 11) is 0. The lowest BCUT2D eigenvalue weighted by Crippen LogP contribution is -2.33. The van der Waals surface area contributed by atoms with E-state index in [1.807, 2.05) is 11.8 Å². The van der Waals surface area contributed by atoms with Crippen LogP contribution in [0.25, 0.3) is 0 Å². The highest BCUT2D eigenvalue weighted by Crippen LogP contribution is 2.36. The molecule has 2 unspecified atom stereocenters. The number of rotatable bonds is 3. The number of carbonyl (C=O) groups is 1. The summed E-state index contributed by atoms with van der Waals surface area (Å²) in [5.41, 5.74) is 2.63. The second-order valence-corrected chi connectivity index (χ2v) is 8.12. The van der Waals surface area contributed by atoms with Crippen molar-refractivity contribution in [2.45, 2.75) is 36.6 Å². The molecule has 0 spiro atoms. The lowest BCUT2D eigenvalue weighted by molar-refractivity contribution is -0.122. The summed E-state index contributed by atoms with van der Waals surface area (Å²) >= 11 is 5.73. The standard InChI is InChI=1S/C16H20BrNOS/c17-14-10-12-3-1-2-4-13(12)16(14)18-15(19)9-11-5-7-20-8-6-11/h1-4,11,14,16H,5-10H2,(H,18,19). The van der Waals surface area contributed by atoms with Gasteiger partial charge in [-0.2, -0.15) is 11.8 Å². The minimum atomic E-state index is 0.136. The Morgan fingerprint density at radius 3 is 2.85 bits per heavy atom. The molecule has 1 heterocycles. The monoisotopic (exact) mass is 353 g/mol. The first-order valence-corrected chi connectivity index (χ1v) is 9.40. The Bertz CT molecular complexity index is 487. The average Bonchev–Trinajstić information content (AvgIpc) is 2.76. The molecule has 108 valence electrons. The molecule has 3 rings (SSSR count). The fourth-order valence-electron chi connectivity index (χ4n) is 3.16. The molecule has 4 heteroatoms. The molecule has 1 aliphatic carbocycles. The smallest absolute Gasteiger partial charge is 0.220 e. The molecule has 2 atom stereocenters. The van der Waals surface area contributed by atoms with Gasteiger partial charge >= 0.3 is 0 Å². The molecule has 0 aromatic heterocycles. The van der Waals surface area contributed by atoms with Crippen LogP contribution in [0.1, 0.15) is 36.4 Å². The maximum Gasteiger partial charge on any atom is 0.220 e. The second-order valence-electron chi connectivity index (χ2n) is 5.72. The lowest BCUT2D eigenvalue weighted by atomic mass is 9.98. The van der Waals surface area contributed by atoms with Crippen molar-refractivity contribution in [2.24, 2.45) is 5.92 Å². The predicted molar refractivity (Wildman–Crippen MR) is 88.4 cm³/mol. The molecule has 1 fully saturated rings. The molecule has 1 aliphatic heterocycles. The van der Waals surface area contributed by atoms with Crippen molar-refractivity contribution < 1.29 is 4.79 Å². The normalized spacial score (nSPS) is 26.2. The minimum absolute atomic E-state index is 0.136. The van der Waals surface area contributed by atoms with Gasteiger partial charge in [0, 0.05) is 11.2 Å². The number of benzene rings is 1. The second kappa shape index (κ2) is 6.52. The number of nitrogens with one attached hydrogen (secondary N) is 1. The van der Waals surface area contributed by atoms with Crippen LogP contribution < -0.4 is 5.32 Å². The van der Waals surface area contributed by atoms with Gasteiger partial charge in [-0.05, 0) is 47.8 Å². The first-order chi connectivity index (χ1) is 9.74. The molecule has 1 saturated heterocycles. The molecular weight excluding hydrogens is 334 g/mol. The molecule has 1 amide bonds. The van der Waals surface area contributed by atoms with E-state index in [0.29, 0.717) is 17.2 Å².